The Kier molecular flexibility index (Phi) is 9.04. The van der Waals surface area contributed by atoms with Crippen LogP contribution in [0.15, 0.2) is 36.5 Å². The van der Waals surface area contributed by atoms with Gasteiger partial charge in [-0.1, -0.05) is 6.07 Å². The summed E-state index contributed by atoms with van der Waals surface area (Å²) < 4.78 is 10.5. The summed E-state index contributed by atoms with van der Waals surface area (Å²) in [7, 11) is 3.10. The van der Waals surface area contributed by atoms with Gasteiger partial charge < -0.3 is 24.8 Å². The van der Waals surface area contributed by atoms with Crippen LogP contribution in [-0.2, 0) is 22.7 Å². The second-order valence-corrected chi connectivity index (χ2v) is 6.83. The maximum atomic E-state index is 10.0. The van der Waals surface area contributed by atoms with E-state index in [9.17, 15) is 5.11 Å². The summed E-state index contributed by atoms with van der Waals surface area (Å²) in [5.41, 5.74) is 2.19. The van der Waals surface area contributed by atoms with Crippen molar-refractivity contribution >= 4 is 11.9 Å². The first-order chi connectivity index (χ1) is 14.8. The van der Waals surface area contributed by atoms with E-state index in [1.165, 1.54) is 0 Å². The molecule has 0 bridgehead atoms. The largest absolute Gasteiger partial charge is 0.502 e. The fourth-order valence-corrected chi connectivity index (χ4v) is 3.12. The van der Waals surface area contributed by atoms with Gasteiger partial charge in [-0.25, -0.2) is 9.59 Å². The fourth-order valence-electron chi connectivity index (χ4n) is 3.12. The first-order valence-corrected chi connectivity index (χ1v) is 9.58. The zero-order valence-corrected chi connectivity index (χ0v) is 17.5. The molecule has 1 aliphatic heterocycles. The van der Waals surface area contributed by atoms with Crippen LogP contribution in [0.4, 0.5) is 0 Å². The summed E-state index contributed by atoms with van der Waals surface area (Å²) in [5.74, 6) is -2.70. The molecular formula is C21H27N3O7. The molecule has 0 atom stereocenters. The molecule has 0 spiro atoms. The van der Waals surface area contributed by atoms with Crippen LogP contribution in [0, 0.1) is 0 Å². The van der Waals surface area contributed by atoms with E-state index in [1.807, 2.05) is 30.5 Å². The number of rotatable bonds is 6. The molecule has 1 aromatic heterocycles. The molecule has 168 valence electrons. The Hall–Kier alpha value is -3.37. The monoisotopic (exact) mass is 433 g/mol. The van der Waals surface area contributed by atoms with Crippen molar-refractivity contribution < 1.29 is 34.4 Å². The van der Waals surface area contributed by atoms with E-state index < -0.39 is 11.9 Å². The lowest BCUT2D eigenvalue weighted by molar-refractivity contribution is -0.159. The number of nitrogens with zero attached hydrogens (tertiary/aromatic N) is 3. The zero-order chi connectivity index (χ0) is 22.8. The van der Waals surface area contributed by atoms with Gasteiger partial charge >= 0.3 is 11.9 Å². The average Bonchev–Trinajstić information content (AvgIpc) is 2.77. The highest BCUT2D eigenvalue weighted by Gasteiger charge is 2.19. The fraction of sp³-hybridized carbons (Fsp3) is 0.381. The molecule has 1 fully saturated rings. The van der Waals surface area contributed by atoms with Crippen molar-refractivity contribution in [2.75, 3.05) is 40.4 Å². The third kappa shape index (κ3) is 7.43. The molecule has 10 heteroatoms. The number of ether oxygens (including phenoxy) is 2. The zero-order valence-electron chi connectivity index (χ0n) is 17.5. The Labute approximate surface area is 180 Å². The topological polar surface area (TPSA) is 133 Å². The van der Waals surface area contributed by atoms with E-state index in [1.54, 1.807) is 14.2 Å². The number of hydrogen-bond acceptors (Lipinski definition) is 8. The average molecular weight is 433 g/mol. The van der Waals surface area contributed by atoms with Gasteiger partial charge in [-0.15, -0.1) is 0 Å². The summed E-state index contributed by atoms with van der Waals surface area (Å²) in [6, 6.07) is 9.80. The highest BCUT2D eigenvalue weighted by atomic mass is 16.5. The predicted octanol–water partition coefficient (Wildman–Crippen LogP) is 1.28. The van der Waals surface area contributed by atoms with Crippen LogP contribution in [-0.4, -0.2) is 82.4 Å². The van der Waals surface area contributed by atoms with Crippen LogP contribution < -0.4 is 9.47 Å². The summed E-state index contributed by atoms with van der Waals surface area (Å²) in [4.78, 5) is 27.4. The van der Waals surface area contributed by atoms with E-state index in [4.69, 9.17) is 29.3 Å². The Balaban J connectivity index is 0.000000501. The molecule has 31 heavy (non-hydrogen) atoms. The molecule has 2 aromatic rings. The van der Waals surface area contributed by atoms with Crippen molar-refractivity contribution in [2.24, 2.45) is 0 Å². The third-order valence-electron chi connectivity index (χ3n) is 4.71. The summed E-state index contributed by atoms with van der Waals surface area (Å²) in [6.07, 6.45) is 1.84. The summed E-state index contributed by atoms with van der Waals surface area (Å²) >= 11 is 0. The van der Waals surface area contributed by atoms with Gasteiger partial charge in [0.2, 0.25) is 5.75 Å². The normalized spacial score (nSPS) is 14.3. The van der Waals surface area contributed by atoms with Crippen molar-refractivity contribution in [1.82, 2.24) is 14.8 Å². The number of pyridine rings is 1. The number of aromatic hydroxyl groups is 1. The van der Waals surface area contributed by atoms with Crippen LogP contribution in [0.25, 0.3) is 0 Å². The lowest BCUT2D eigenvalue weighted by atomic mass is 10.1. The molecule has 0 aliphatic carbocycles. The van der Waals surface area contributed by atoms with Gasteiger partial charge in [0.05, 0.1) is 19.9 Å². The molecule has 3 N–H and O–H groups in total. The van der Waals surface area contributed by atoms with Crippen molar-refractivity contribution in [3.8, 4) is 17.2 Å². The van der Waals surface area contributed by atoms with Gasteiger partial charge in [0.1, 0.15) is 0 Å². The van der Waals surface area contributed by atoms with Crippen molar-refractivity contribution in [3.05, 3.63) is 47.8 Å². The van der Waals surface area contributed by atoms with Gasteiger partial charge in [-0.3, -0.25) is 14.8 Å². The second kappa shape index (κ2) is 11.7. The van der Waals surface area contributed by atoms with Gasteiger partial charge in [0.15, 0.2) is 11.5 Å². The molecule has 1 aliphatic rings. The van der Waals surface area contributed by atoms with E-state index in [-0.39, 0.29) is 5.75 Å². The summed E-state index contributed by atoms with van der Waals surface area (Å²) in [5, 5.41) is 24.8. The van der Waals surface area contributed by atoms with Crippen molar-refractivity contribution in [3.63, 3.8) is 0 Å². The number of carboxylic acids is 2. The van der Waals surface area contributed by atoms with Crippen molar-refractivity contribution in [2.45, 2.75) is 13.1 Å². The number of aromatic nitrogens is 1. The molecule has 0 radical (unpaired) electrons. The molecule has 3 rings (SSSR count). The van der Waals surface area contributed by atoms with Crippen LogP contribution in [0.5, 0.6) is 17.2 Å². The van der Waals surface area contributed by atoms with Crippen LogP contribution in [0.2, 0.25) is 0 Å². The number of phenols is 1. The van der Waals surface area contributed by atoms with Gasteiger partial charge in [-0.05, 0) is 29.8 Å². The molecular weight excluding hydrogens is 406 g/mol. The predicted molar refractivity (Wildman–Crippen MR) is 111 cm³/mol. The van der Waals surface area contributed by atoms with Gasteiger partial charge in [0, 0.05) is 45.5 Å². The van der Waals surface area contributed by atoms with Crippen LogP contribution in [0.1, 0.15) is 11.3 Å². The molecule has 0 unspecified atom stereocenters. The number of piperazine rings is 1. The minimum atomic E-state index is -1.82. The highest BCUT2D eigenvalue weighted by molar-refractivity contribution is 6.27. The second-order valence-electron chi connectivity index (χ2n) is 6.83. The van der Waals surface area contributed by atoms with E-state index in [0.29, 0.717) is 11.5 Å². The number of carbonyl (C=O) groups is 2. The molecule has 1 saturated heterocycles. The first kappa shape index (κ1) is 23.9. The third-order valence-corrected chi connectivity index (χ3v) is 4.71. The number of hydrogen-bond donors (Lipinski definition) is 3. The highest BCUT2D eigenvalue weighted by Crippen LogP contribution is 2.37. The van der Waals surface area contributed by atoms with Crippen LogP contribution in [0.3, 0.4) is 0 Å². The SMILES string of the molecule is COc1cc(CN2CCN(Cc3ccccn3)CC2)cc(OC)c1O.O=C(O)C(=O)O. The Morgan fingerprint density at radius 1 is 0.935 bits per heavy atom. The lowest BCUT2D eigenvalue weighted by Gasteiger charge is -2.34. The Morgan fingerprint density at radius 3 is 1.87 bits per heavy atom. The number of aliphatic carboxylic acids is 2. The van der Waals surface area contributed by atoms with E-state index in [2.05, 4.69) is 20.9 Å². The smallest absolute Gasteiger partial charge is 0.414 e. The van der Waals surface area contributed by atoms with Gasteiger partial charge in [-0.2, -0.15) is 0 Å². The Morgan fingerprint density at radius 2 is 1.45 bits per heavy atom. The van der Waals surface area contributed by atoms with E-state index >= 15 is 0 Å². The number of methoxy groups -OCH3 is 2. The minimum Gasteiger partial charge on any atom is -0.502 e. The molecule has 10 nitrogen and oxygen atoms in total. The van der Waals surface area contributed by atoms with Gasteiger partial charge in [0.25, 0.3) is 0 Å². The minimum absolute atomic E-state index is 0.0499. The molecule has 1 aromatic carbocycles. The van der Waals surface area contributed by atoms with E-state index in [0.717, 1.165) is 50.5 Å². The first-order valence-electron chi connectivity index (χ1n) is 9.58. The number of carboxylic acid groups (broad SMARTS) is 2. The lowest BCUT2D eigenvalue weighted by Crippen LogP contribution is -2.45. The van der Waals surface area contributed by atoms with Crippen molar-refractivity contribution in [1.29, 1.82) is 0 Å². The Bertz CT molecular complexity index is 832. The van der Waals surface area contributed by atoms with Crippen LogP contribution >= 0.6 is 0 Å². The number of phenolic OH excluding ortho intramolecular Hbond substituents is 1. The molecule has 0 saturated carbocycles. The molecule has 2 heterocycles. The maximum Gasteiger partial charge on any atom is 0.414 e. The maximum absolute atomic E-state index is 10.0. The number of benzene rings is 1. The summed E-state index contributed by atoms with van der Waals surface area (Å²) in [6.45, 7) is 5.74. The molecule has 0 amide bonds. The quantitative estimate of drug-likeness (QED) is 0.572. The standard InChI is InChI=1S/C19H25N3O3.C2H2O4/c1-24-17-11-15(12-18(25-2)19(17)23)13-21-7-9-22(10-8-21)14-16-5-3-4-6-20-16;3-1(4)2(5)6/h3-6,11-12,23H,7-10,13-14H2,1-2H3;(H,3,4)(H,5,6).